The highest BCUT2D eigenvalue weighted by atomic mass is 16.6. The van der Waals surface area contributed by atoms with Crippen molar-refractivity contribution in [2.45, 2.75) is 58.2 Å². The van der Waals surface area contributed by atoms with Gasteiger partial charge in [-0.15, -0.1) is 0 Å². The van der Waals surface area contributed by atoms with Crippen molar-refractivity contribution < 1.29 is 19.7 Å². The number of aromatic nitrogens is 2. The minimum Gasteiger partial charge on any atom is -0.387 e. The van der Waals surface area contributed by atoms with Crippen LogP contribution in [0, 0.1) is 0 Å². The number of aliphatic hydroxyl groups is 2. The Morgan fingerprint density at radius 3 is 2.67 bits per heavy atom. The standard InChI is InChI=1S/C19H28N2O6/c1-12(2)5-4-6-13(3)8-10-26-11-14-16(23)17(24)18(27-14)21-9-7-15(22)20-19(21)25/h5,7-9,14,16-18,23-24H,4,6,10-11H2,1-3H3,(H,20,22,25)/b13-8+/t14-,16-,17-,18-/m1/s1. The van der Waals surface area contributed by atoms with Gasteiger partial charge in [0.15, 0.2) is 6.23 Å². The molecule has 1 aromatic rings. The van der Waals surface area contributed by atoms with Gasteiger partial charge in [0.05, 0.1) is 13.2 Å². The summed E-state index contributed by atoms with van der Waals surface area (Å²) in [4.78, 5) is 25.1. The van der Waals surface area contributed by atoms with E-state index in [9.17, 15) is 19.8 Å². The second kappa shape index (κ2) is 9.80. The van der Waals surface area contributed by atoms with E-state index in [0.29, 0.717) is 6.61 Å². The van der Waals surface area contributed by atoms with E-state index in [4.69, 9.17) is 9.47 Å². The monoisotopic (exact) mass is 380 g/mol. The first-order valence-corrected chi connectivity index (χ1v) is 8.99. The van der Waals surface area contributed by atoms with Gasteiger partial charge in [0.1, 0.15) is 18.3 Å². The van der Waals surface area contributed by atoms with Gasteiger partial charge in [0.25, 0.3) is 5.56 Å². The SMILES string of the molecule is CC(C)=CCC/C(C)=C/COC[C@H]1O[C@@H](n2ccc(=O)[nH]c2=O)[C@H](O)[C@@H]1O. The molecule has 0 bridgehead atoms. The molecule has 1 aromatic heterocycles. The number of hydrogen-bond donors (Lipinski definition) is 3. The molecule has 2 heterocycles. The highest BCUT2D eigenvalue weighted by Gasteiger charge is 2.44. The molecular weight excluding hydrogens is 352 g/mol. The smallest absolute Gasteiger partial charge is 0.330 e. The lowest BCUT2D eigenvalue weighted by Gasteiger charge is -2.16. The summed E-state index contributed by atoms with van der Waals surface area (Å²) in [6.07, 6.45) is 2.96. The Labute approximate surface area is 157 Å². The first-order valence-electron chi connectivity index (χ1n) is 8.99. The van der Waals surface area contributed by atoms with E-state index in [-0.39, 0.29) is 6.61 Å². The molecule has 0 amide bonds. The largest absolute Gasteiger partial charge is 0.387 e. The van der Waals surface area contributed by atoms with Crippen molar-refractivity contribution in [3.05, 3.63) is 56.4 Å². The van der Waals surface area contributed by atoms with Crippen LogP contribution in [-0.2, 0) is 9.47 Å². The maximum Gasteiger partial charge on any atom is 0.330 e. The molecule has 2 rings (SSSR count). The number of nitrogens with zero attached hydrogens (tertiary/aromatic N) is 1. The number of nitrogens with one attached hydrogen (secondary N) is 1. The summed E-state index contributed by atoms with van der Waals surface area (Å²) in [6, 6.07) is 1.15. The van der Waals surface area contributed by atoms with E-state index in [1.165, 1.54) is 17.3 Å². The summed E-state index contributed by atoms with van der Waals surface area (Å²) in [7, 11) is 0. The van der Waals surface area contributed by atoms with E-state index >= 15 is 0 Å². The molecule has 1 saturated heterocycles. The zero-order valence-electron chi connectivity index (χ0n) is 15.9. The Balaban J connectivity index is 1.86. The summed E-state index contributed by atoms with van der Waals surface area (Å²) >= 11 is 0. The van der Waals surface area contributed by atoms with Crippen LogP contribution in [0.4, 0.5) is 0 Å². The molecule has 0 aromatic carbocycles. The lowest BCUT2D eigenvalue weighted by molar-refractivity contribution is -0.0652. The first-order chi connectivity index (χ1) is 12.8. The van der Waals surface area contributed by atoms with Crippen LogP contribution in [0.25, 0.3) is 0 Å². The molecule has 0 unspecified atom stereocenters. The van der Waals surface area contributed by atoms with Gasteiger partial charge in [0, 0.05) is 12.3 Å². The highest BCUT2D eigenvalue weighted by molar-refractivity contribution is 5.02. The van der Waals surface area contributed by atoms with E-state index in [2.05, 4.69) is 24.9 Å². The Morgan fingerprint density at radius 1 is 1.26 bits per heavy atom. The van der Waals surface area contributed by atoms with Gasteiger partial charge in [-0.2, -0.15) is 0 Å². The van der Waals surface area contributed by atoms with Gasteiger partial charge in [0.2, 0.25) is 0 Å². The fourth-order valence-electron chi connectivity index (χ4n) is 2.80. The van der Waals surface area contributed by atoms with Crippen LogP contribution in [0.2, 0.25) is 0 Å². The number of aliphatic hydroxyl groups excluding tert-OH is 2. The van der Waals surface area contributed by atoms with Crippen LogP contribution in [0.15, 0.2) is 45.2 Å². The zero-order chi connectivity index (χ0) is 20.0. The lowest BCUT2D eigenvalue weighted by atomic mass is 10.1. The third-order valence-corrected chi connectivity index (χ3v) is 4.39. The fourth-order valence-corrected chi connectivity index (χ4v) is 2.80. The van der Waals surface area contributed by atoms with Crippen molar-refractivity contribution in [1.29, 1.82) is 0 Å². The number of H-pyrrole nitrogens is 1. The van der Waals surface area contributed by atoms with Crippen molar-refractivity contribution in [2.75, 3.05) is 13.2 Å². The van der Waals surface area contributed by atoms with Crippen LogP contribution in [0.5, 0.6) is 0 Å². The molecule has 0 aliphatic carbocycles. The Bertz CT molecular complexity index is 790. The van der Waals surface area contributed by atoms with Gasteiger partial charge in [-0.25, -0.2) is 4.79 Å². The lowest BCUT2D eigenvalue weighted by Crippen LogP contribution is -2.37. The molecule has 27 heavy (non-hydrogen) atoms. The zero-order valence-corrected chi connectivity index (χ0v) is 15.9. The maximum atomic E-state index is 11.8. The number of ether oxygens (including phenoxy) is 2. The molecule has 8 nitrogen and oxygen atoms in total. The normalized spacial score (nSPS) is 25.6. The molecule has 1 aliphatic heterocycles. The summed E-state index contributed by atoms with van der Waals surface area (Å²) in [6.45, 7) is 6.61. The quantitative estimate of drug-likeness (QED) is 0.455. The van der Waals surface area contributed by atoms with Crippen LogP contribution in [-0.4, -0.2) is 51.3 Å². The van der Waals surface area contributed by atoms with Gasteiger partial charge < -0.3 is 19.7 Å². The van der Waals surface area contributed by atoms with Crippen molar-refractivity contribution >= 4 is 0 Å². The Morgan fingerprint density at radius 2 is 2.00 bits per heavy atom. The maximum absolute atomic E-state index is 11.8. The van der Waals surface area contributed by atoms with Gasteiger partial charge in [-0.1, -0.05) is 23.3 Å². The van der Waals surface area contributed by atoms with Crippen molar-refractivity contribution in [1.82, 2.24) is 9.55 Å². The van der Waals surface area contributed by atoms with Crippen molar-refractivity contribution in [3.63, 3.8) is 0 Å². The Hall–Kier alpha value is -2.00. The van der Waals surface area contributed by atoms with Crippen LogP contribution >= 0.6 is 0 Å². The number of allylic oxidation sites excluding steroid dienone is 3. The van der Waals surface area contributed by atoms with Crippen molar-refractivity contribution in [3.8, 4) is 0 Å². The summed E-state index contributed by atoms with van der Waals surface area (Å²) in [5.41, 5.74) is 1.24. The van der Waals surface area contributed by atoms with E-state index in [1.807, 2.05) is 13.0 Å². The Kier molecular flexibility index (Phi) is 7.73. The molecule has 0 spiro atoms. The molecule has 1 aliphatic rings. The van der Waals surface area contributed by atoms with E-state index in [0.717, 1.165) is 23.5 Å². The van der Waals surface area contributed by atoms with Crippen LogP contribution in [0.1, 0.15) is 39.8 Å². The second-order valence-corrected chi connectivity index (χ2v) is 6.97. The minimum absolute atomic E-state index is 0.0740. The number of aromatic amines is 1. The molecule has 0 radical (unpaired) electrons. The summed E-state index contributed by atoms with van der Waals surface area (Å²) in [5.74, 6) is 0. The summed E-state index contributed by atoms with van der Waals surface area (Å²) < 4.78 is 12.2. The van der Waals surface area contributed by atoms with E-state index in [1.54, 1.807) is 0 Å². The predicted octanol–water partition coefficient (Wildman–Crippen LogP) is 0.865. The molecule has 0 saturated carbocycles. The average Bonchev–Trinajstić information content (AvgIpc) is 2.87. The molecule has 4 atom stereocenters. The minimum atomic E-state index is -1.30. The first kappa shape index (κ1) is 21.3. The topological polar surface area (TPSA) is 114 Å². The molecule has 1 fully saturated rings. The number of hydrogen-bond acceptors (Lipinski definition) is 6. The van der Waals surface area contributed by atoms with E-state index < -0.39 is 35.8 Å². The van der Waals surface area contributed by atoms with Crippen LogP contribution < -0.4 is 11.2 Å². The highest BCUT2D eigenvalue weighted by Crippen LogP contribution is 2.28. The molecule has 150 valence electrons. The van der Waals surface area contributed by atoms with Crippen molar-refractivity contribution in [2.24, 2.45) is 0 Å². The molecule has 8 heteroatoms. The average molecular weight is 380 g/mol. The van der Waals surface area contributed by atoms with Gasteiger partial charge in [-0.3, -0.25) is 14.3 Å². The third-order valence-electron chi connectivity index (χ3n) is 4.39. The fraction of sp³-hybridized carbons (Fsp3) is 0.579. The second-order valence-electron chi connectivity index (χ2n) is 6.97. The third kappa shape index (κ3) is 6.00. The number of rotatable bonds is 8. The van der Waals surface area contributed by atoms with Crippen LogP contribution in [0.3, 0.4) is 0 Å². The predicted molar refractivity (Wildman–Crippen MR) is 100 cm³/mol. The molecule has 3 N–H and O–H groups in total. The van der Waals surface area contributed by atoms with Gasteiger partial charge in [-0.05, 0) is 33.6 Å². The van der Waals surface area contributed by atoms with Gasteiger partial charge >= 0.3 is 5.69 Å². The molecular formula is C19H28N2O6. The summed E-state index contributed by atoms with van der Waals surface area (Å²) in [5, 5.41) is 20.3.